The molecular weight excluding hydrogens is 384 g/mol. The lowest BCUT2D eigenvalue weighted by Crippen LogP contribution is -2.14. The number of aromatic nitrogens is 3. The van der Waals surface area contributed by atoms with Gasteiger partial charge >= 0.3 is 0 Å². The minimum atomic E-state index is -0.313. The first-order valence-corrected chi connectivity index (χ1v) is 9.37. The minimum Gasteiger partial charge on any atom is -0.471 e. The number of nitrogens with one attached hydrogen (secondary N) is 1. The third kappa shape index (κ3) is 4.10. The van der Waals surface area contributed by atoms with Crippen molar-refractivity contribution in [3.8, 4) is 5.75 Å². The van der Waals surface area contributed by atoms with Gasteiger partial charge in [-0.15, -0.1) is 0 Å². The Bertz CT molecular complexity index is 1120. The highest BCUT2D eigenvalue weighted by Gasteiger charge is 2.13. The van der Waals surface area contributed by atoms with Gasteiger partial charge in [0.15, 0.2) is 17.6 Å². The van der Waals surface area contributed by atoms with Crippen molar-refractivity contribution in [3.05, 3.63) is 71.0 Å². The van der Waals surface area contributed by atoms with E-state index in [2.05, 4.69) is 15.4 Å². The number of ether oxygens (including phenoxy) is 1. The lowest BCUT2D eigenvalue weighted by molar-refractivity contribution is 0.102. The van der Waals surface area contributed by atoms with Crippen LogP contribution in [0.4, 0.5) is 5.13 Å². The molecule has 4 rings (SSSR count). The Morgan fingerprint density at radius 1 is 1.26 bits per heavy atom. The molecule has 0 unspecified atom stereocenters. The Labute approximate surface area is 164 Å². The van der Waals surface area contributed by atoms with E-state index in [0.717, 1.165) is 15.8 Å². The number of amides is 1. The van der Waals surface area contributed by atoms with Crippen molar-refractivity contribution < 1.29 is 9.53 Å². The summed E-state index contributed by atoms with van der Waals surface area (Å²) in [4.78, 5) is 16.8. The van der Waals surface area contributed by atoms with Gasteiger partial charge in [0.2, 0.25) is 0 Å². The lowest BCUT2D eigenvalue weighted by atomic mass is 10.2. The molecule has 4 aromatic rings. The monoisotopic (exact) mass is 398 g/mol. The first-order valence-electron chi connectivity index (χ1n) is 8.17. The highest BCUT2D eigenvalue weighted by molar-refractivity contribution is 7.22. The molecular formula is C19H15ClN4O2S. The molecule has 0 aliphatic rings. The molecule has 0 spiro atoms. The van der Waals surface area contributed by atoms with Crippen molar-refractivity contribution in [2.75, 3.05) is 5.32 Å². The summed E-state index contributed by atoms with van der Waals surface area (Å²) >= 11 is 7.36. The number of thiazole rings is 1. The van der Waals surface area contributed by atoms with Gasteiger partial charge in [-0.3, -0.25) is 10.1 Å². The summed E-state index contributed by atoms with van der Waals surface area (Å²) < 4.78 is 8.18. The van der Waals surface area contributed by atoms with Crippen LogP contribution in [0.2, 0.25) is 5.02 Å². The van der Waals surface area contributed by atoms with E-state index in [4.69, 9.17) is 16.3 Å². The highest BCUT2D eigenvalue weighted by Crippen LogP contribution is 2.27. The fraction of sp³-hybridized carbons (Fsp3) is 0.105. The number of fused-ring (bicyclic) bond motifs is 1. The maximum absolute atomic E-state index is 12.4. The molecule has 2 aromatic carbocycles. The van der Waals surface area contributed by atoms with Crippen molar-refractivity contribution in [2.24, 2.45) is 0 Å². The minimum absolute atomic E-state index is 0.175. The van der Waals surface area contributed by atoms with Crippen LogP contribution in [0.1, 0.15) is 16.1 Å². The molecule has 0 bridgehead atoms. The maximum atomic E-state index is 12.4. The zero-order valence-electron chi connectivity index (χ0n) is 14.3. The van der Waals surface area contributed by atoms with Gasteiger partial charge in [-0.05, 0) is 48.9 Å². The molecule has 0 fully saturated rings. The fourth-order valence-corrected chi connectivity index (χ4v) is 3.64. The molecule has 0 aliphatic carbocycles. The topological polar surface area (TPSA) is 69.0 Å². The summed E-state index contributed by atoms with van der Waals surface area (Å²) in [5, 5.41) is 8.17. The zero-order chi connectivity index (χ0) is 18.8. The SMILES string of the molecule is Cc1ccc2nc(NC(=O)c3ccn(COc4cccc(Cl)c4)n3)sc2c1. The molecule has 0 saturated heterocycles. The van der Waals surface area contributed by atoms with Crippen LogP contribution in [-0.2, 0) is 6.73 Å². The Hall–Kier alpha value is -2.90. The molecule has 2 heterocycles. The summed E-state index contributed by atoms with van der Waals surface area (Å²) in [5.41, 5.74) is 2.31. The molecule has 8 heteroatoms. The van der Waals surface area contributed by atoms with Crippen LogP contribution in [0, 0.1) is 6.92 Å². The molecule has 1 N–H and O–H groups in total. The van der Waals surface area contributed by atoms with E-state index >= 15 is 0 Å². The first-order chi connectivity index (χ1) is 13.1. The summed E-state index contributed by atoms with van der Waals surface area (Å²) in [7, 11) is 0. The van der Waals surface area contributed by atoms with Crippen LogP contribution in [0.15, 0.2) is 54.7 Å². The molecule has 27 heavy (non-hydrogen) atoms. The zero-order valence-corrected chi connectivity index (χ0v) is 15.9. The second-order valence-electron chi connectivity index (χ2n) is 5.92. The maximum Gasteiger partial charge on any atom is 0.277 e. The van der Waals surface area contributed by atoms with Gasteiger partial charge in [0.25, 0.3) is 5.91 Å². The molecule has 0 saturated carbocycles. The van der Waals surface area contributed by atoms with E-state index in [1.54, 1.807) is 36.5 Å². The normalized spacial score (nSPS) is 10.9. The van der Waals surface area contributed by atoms with E-state index in [1.807, 2.05) is 25.1 Å². The second kappa shape index (κ2) is 7.38. The quantitative estimate of drug-likeness (QED) is 0.527. The molecule has 0 aliphatic heterocycles. The number of rotatable bonds is 5. The largest absolute Gasteiger partial charge is 0.471 e. The number of halogens is 1. The van der Waals surface area contributed by atoms with Crippen LogP contribution in [-0.4, -0.2) is 20.7 Å². The van der Waals surface area contributed by atoms with Crippen LogP contribution in [0.3, 0.4) is 0 Å². The molecule has 0 atom stereocenters. The van der Waals surface area contributed by atoms with Crippen LogP contribution < -0.4 is 10.1 Å². The highest BCUT2D eigenvalue weighted by atomic mass is 35.5. The van der Waals surface area contributed by atoms with Gasteiger partial charge in [0, 0.05) is 11.2 Å². The van der Waals surface area contributed by atoms with E-state index in [1.165, 1.54) is 16.0 Å². The summed E-state index contributed by atoms with van der Waals surface area (Å²) in [6.07, 6.45) is 1.68. The van der Waals surface area contributed by atoms with Gasteiger partial charge in [-0.25, -0.2) is 9.67 Å². The van der Waals surface area contributed by atoms with Crippen LogP contribution in [0.5, 0.6) is 5.75 Å². The average molecular weight is 399 g/mol. The summed E-state index contributed by atoms with van der Waals surface area (Å²) in [5.74, 6) is 0.320. The lowest BCUT2D eigenvalue weighted by Gasteiger charge is -2.06. The second-order valence-corrected chi connectivity index (χ2v) is 7.38. The third-order valence-corrected chi connectivity index (χ3v) is 4.97. The van der Waals surface area contributed by atoms with Crippen molar-refractivity contribution in [2.45, 2.75) is 13.7 Å². The molecule has 6 nitrogen and oxygen atoms in total. The van der Waals surface area contributed by atoms with Crippen LogP contribution >= 0.6 is 22.9 Å². The number of carbonyl (C=O) groups excluding carboxylic acids is 1. The van der Waals surface area contributed by atoms with Gasteiger partial charge < -0.3 is 4.74 Å². The van der Waals surface area contributed by atoms with Gasteiger partial charge in [-0.2, -0.15) is 5.10 Å². The molecule has 0 radical (unpaired) electrons. The third-order valence-electron chi connectivity index (χ3n) is 3.80. The van der Waals surface area contributed by atoms with E-state index in [0.29, 0.717) is 21.6 Å². The van der Waals surface area contributed by atoms with Gasteiger partial charge in [0.1, 0.15) is 5.75 Å². The van der Waals surface area contributed by atoms with Crippen molar-refractivity contribution in [3.63, 3.8) is 0 Å². The van der Waals surface area contributed by atoms with Crippen molar-refractivity contribution in [1.82, 2.24) is 14.8 Å². The van der Waals surface area contributed by atoms with Crippen molar-refractivity contribution in [1.29, 1.82) is 0 Å². The summed E-state index contributed by atoms with van der Waals surface area (Å²) in [6.45, 7) is 2.20. The predicted octanol–water partition coefficient (Wildman–Crippen LogP) is 4.74. The predicted molar refractivity (Wildman–Crippen MR) is 107 cm³/mol. The fourth-order valence-electron chi connectivity index (χ4n) is 2.50. The number of hydrogen-bond acceptors (Lipinski definition) is 5. The Balaban J connectivity index is 1.41. The first kappa shape index (κ1) is 17.5. The Morgan fingerprint density at radius 3 is 3.00 bits per heavy atom. The van der Waals surface area contributed by atoms with E-state index in [-0.39, 0.29) is 12.6 Å². The molecule has 1 amide bonds. The standard InChI is InChI=1S/C19H15ClN4O2S/c1-12-5-6-15-17(9-12)27-19(21-15)22-18(25)16-7-8-24(23-16)11-26-14-4-2-3-13(20)10-14/h2-10H,11H2,1H3,(H,21,22,25). The van der Waals surface area contributed by atoms with Gasteiger partial charge in [-0.1, -0.05) is 35.1 Å². The summed E-state index contributed by atoms with van der Waals surface area (Å²) in [6, 6.07) is 14.7. The molecule has 2 aromatic heterocycles. The van der Waals surface area contributed by atoms with E-state index < -0.39 is 0 Å². The van der Waals surface area contributed by atoms with E-state index in [9.17, 15) is 4.79 Å². The van der Waals surface area contributed by atoms with Gasteiger partial charge in [0.05, 0.1) is 10.2 Å². The Morgan fingerprint density at radius 2 is 2.15 bits per heavy atom. The number of benzene rings is 2. The smallest absolute Gasteiger partial charge is 0.277 e. The number of carbonyl (C=O) groups is 1. The number of aryl methyl sites for hydroxylation is 1. The number of nitrogens with zero attached hydrogens (tertiary/aromatic N) is 3. The average Bonchev–Trinajstić information content (AvgIpc) is 3.26. The Kier molecular flexibility index (Phi) is 4.79. The molecule has 136 valence electrons. The number of anilines is 1. The van der Waals surface area contributed by atoms with Crippen LogP contribution in [0.25, 0.3) is 10.2 Å². The van der Waals surface area contributed by atoms with Crippen molar-refractivity contribution >= 4 is 44.2 Å². The number of hydrogen-bond donors (Lipinski definition) is 1.